The van der Waals surface area contributed by atoms with Crippen LogP contribution in [0.2, 0.25) is 0 Å². The molecule has 0 bridgehead atoms. The average Bonchev–Trinajstić information content (AvgIpc) is 1.85. The zero-order chi connectivity index (χ0) is 9.89. The van der Waals surface area contributed by atoms with Crippen molar-refractivity contribution in [3.63, 3.8) is 0 Å². The first-order valence-corrected chi connectivity index (χ1v) is 4.14. The molecule has 0 aliphatic carbocycles. The van der Waals surface area contributed by atoms with Crippen molar-refractivity contribution in [1.82, 2.24) is 0 Å². The monoisotopic (exact) mass is 170 g/mol. The molecule has 12 heavy (non-hydrogen) atoms. The Morgan fingerprint density at radius 1 is 1.25 bits per heavy atom. The molecule has 0 radical (unpaired) electrons. The Morgan fingerprint density at radius 2 is 1.67 bits per heavy atom. The van der Waals surface area contributed by atoms with Crippen LogP contribution in [0, 0.1) is 5.92 Å². The van der Waals surface area contributed by atoms with E-state index in [1.165, 1.54) is 0 Å². The maximum atomic E-state index is 11.0. The van der Waals surface area contributed by atoms with Gasteiger partial charge in [-0.15, -0.1) is 0 Å². The number of hydrogen-bond acceptors (Lipinski definition) is 2. The molecule has 3 nitrogen and oxygen atoms in total. The summed E-state index contributed by atoms with van der Waals surface area (Å²) in [6, 6.07) is -0.102. The van der Waals surface area contributed by atoms with E-state index >= 15 is 0 Å². The van der Waals surface area contributed by atoms with Crippen LogP contribution in [0.4, 0.5) is 0 Å². The normalized spacial score (nSPS) is 15.8. The molecule has 0 aromatic carbocycles. The van der Waals surface area contributed by atoms with Crippen LogP contribution in [0.1, 0.15) is 27.7 Å². The fourth-order valence-corrected chi connectivity index (χ4v) is 1.18. The smallest absolute Gasteiger partial charge is 0.244 e. The summed E-state index contributed by atoms with van der Waals surface area (Å²) in [4.78, 5) is 11.0. The predicted octanol–water partition coefficient (Wildman–Crippen LogP) is 0.791. The van der Waals surface area contributed by atoms with Crippen molar-refractivity contribution in [1.29, 1.82) is 0 Å². The summed E-state index contributed by atoms with van der Waals surface area (Å²) in [7, 11) is 0. The summed E-state index contributed by atoms with van der Waals surface area (Å²) in [5.74, 6) is -0.215. The lowest BCUT2D eigenvalue weighted by Crippen LogP contribution is -2.26. The second kappa shape index (κ2) is 4.26. The summed E-state index contributed by atoms with van der Waals surface area (Å²) in [5.41, 5.74) is 12.4. The summed E-state index contributed by atoms with van der Waals surface area (Å²) in [6.45, 7) is 7.57. The van der Waals surface area contributed by atoms with Crippen LogP contribution < -0.4 is 11.5 Å². The van der Waals surface area contributed by atoms with Crippen LogP contribution >= 0.6 is 0 Å². The van der Waals surface area contributed by atoms with Crippen LogP contribution in [0.5, 0.6) is 0 Å². The summed E-state index contributed by atoms with van der Waals surface area (Å²) in [6.07, 6.45) is 0. The molecule has 0 rings (SSSR count). The molecule has 3 heteroatoms. The number of carbonyl (C=O) groups is 1. The van der Waals surface area contributed by atoms with E-state index in [0.717, 1.165) is 5.57 Å². The molecule has 4 N–H and O–H groups in total. The van der Waals surface area contributed by atoms with Crippen molar-refractivity contribution < 1.29 is 4.79 Å². The number of amides is 1. The largest absolute Gasteiger partial charge is 0.366 e. The molecule has 0 saturated carbocycles. The molecule has 0 aromatic heterocycles. The maximum Gasteiger partial charge on any atom is 0.244 e. The van der Waals surface area contributed by atoms with Crippen molar-refractivity contribution in [2.45, 2.75) is 33.7 Å². The Hall–Kier alpha value is -0.830. The molecule has 0 aliphatic rings. The molecular weight excluding hydrogens is 152 g/mol. The molecule has 0 aromatic rings. The highest BCUT2D eigenvalue weighted by molar-refractivity contribution is 5.93. The minimum absolute atomic E-state index is 0.102. The number of rotatable bonds is 3. The van der Waals surface area contributed by atoms with E-state index in [0.29, 0.717) is 5.57 Å². The Morgan fingerprint density at radius 3 is 1.75 bits per heavy atom. The van der Waals surface area contributed by atoms with E-state index in [1.54, 1.807) is 0 Å². The first kappa shape index (κ1) is 11.2. The molecule has 0 aliphatic heterocycles. The molecule has 70 valence electrons. The van der Waals surface area contributed by atoms with E-state index in [4.69, 9.17) is 11.5 Å². The molecule has 0 fully saturated rings. The zero-order valence-corrected chi connectivity index (χ0v) is 8.22. The SMILES string of the molecule is C/C(=C(\C(N)=O)C(C)C)C(C)N. The third-order valence-corrected chi connectivity index (χ3v) is 1.95. The highest BCUT2D eigenvalue weighted by Gasteiger charge is 2.14. The number of hydrogen-bond donors (Lipinski definition) is 2. The van der Waals surface area contributed by atoms with Crippen LogP contribution in [-0.2, 0) is 4.79 Å². The van der Waals surface area contributed by atoms with Crippen molar-refractivity contribution in [3.8, 4) is 0 Å². The summed E-state index contributed by atoms with van der Waals surface area (Å²) in [5, 5.41) is 0. The number of nitrogens with two attached hydrogens (primary N) is 2. The van der Waals surface area contributed by atoms with E-state index in [2.05, 4.69) is 0 Å². The van der Waals surface area contributed by atoms with Crippen LogP contribution in [0.3, 0.4) is 0 Å². The summed E-state index contributed by atoms with van der Waals surface area (Å²) >= 11 is 0. The highest BCUT2D eigenvalue weighted by atomic mass is 16.1. The van der Waals surface area contributed by atoms with Gasteiger partial charge in [0.2, 0.25) is 5.91 Å². The maximum absolute atomic E-state index is 11.0. The number of carbonyl (C=O) groups excluding carboxylic acids is 1. The van der Waals surface area contributed by atoms with Crippen molar-refractivity contribution >= 4 is 5.91 Å². The van der Waals surface area contributed by atoms with Gasteiger partial charge in [0.25, 0.3) is 0 Å². The van der Waals surface area contributed by atoms with Gasteiger partial charge in [0, 0.05) is 11.6 Å². The molecule has 1 atom stereocenters. The minimum Gasteiger partial charge on any atom is -0.366 e. The van der Waals surface area contributed by atoms with Crippen molar-refractivity contribution in [3.05, 3.63) is 11.1 Å². The van der Waals surface area contributed by atoms with Gasteiger partial charge in [0.15, 0.2) is 0 Å². The van der Waals surface area contributed by atoms with Crippen molar-refractivity contribution in [2.75, 3.05) is 0 Å². The van der Waals surface area contributed by atoms with Gasteiger partial charge in [-0.2, -0.15) is 0 Å². The minimum atomic E-state index is -0.361. The quantitative estimate of drug-likeness (QED) is 0.615. The van der Waals surface area contributed by atoms with Gasteiger partial charge in [-0.25, -0.2) is 0 Å². The Kier molecular flexibility index (Phi) is 3.96. The number of primary amides is 1. The second-order valence-electron chi connectivity index (χ2n) is 3.40. The Balaban J connectivity index is 4.94. The molecule has 0 spiro atoms. The van der Waals surface area contributed by atoms with Gasteiger partial charge < -0.3 is 11.5 Å². The van der Waals surface area contributed by atoms with Crippen LogP contribution in [-0.4, -0.2) is 11.9 Å². The van der Waals surface area contributed by atoms with Gasteiger partial charge in [0.1, 0.15) is 0 Å². The van der Waals surface area contributed by atoms with Crippen LogP contribution in [0.15, 0.2) is 11.1 Å². The fraction of sp³-hybridized carbons (Fsp3) is 0.667. The molecule has 0 saturated heterocycles. The fourth-order valence-electron chi connectivity index (χ4n) is 1.18. The molecule has 1 unspecified atom stereocenters. The van der Waals surface area contributed by atoms with Gasteiger partial charge in [-0.05, 0) is 25.3 Å². The average molecular weight is 170 g/mol. The highest BCUT2D eigenvalue weighted by Crippen LogP contribution is 2.15. The lowest BCUT2D eigenvalue weighted by Gasteiger charge is -2.14. The zero-order valence-electron chi connectivity index (χ0n) is 8.22. The van der Waals surface area contributed by atoms with Crippen molar-refractivity contribution in [2.24, 2.45) is 17.4 Å². The first-order chi connectivity index (χ1) is 5.37. The van der Waals surface area contributed by atoms with Gasteiger partial charge in [-0.3, -0.25) is 4.79 Å². The first-order valence-electron chi connectivity index (χ1n) is 4.14. The van der Waals surface area contributed by atoms with E-state index < -0.39 is 0 Å². The lowest BCUT2D eigenvalue weighted by atomic mass is 9.94. The van der Waals surface area contributed by atoms with Gasteiger partial charge >= 0.3 is 0 Å². The second-order valence-corrected chi connectivity index (χ2v) is 3.40. The Labute approximate surface area is 73.8 Å². The predicted molar refractivity (Wildman–Crippen MR) is 50.4 cm³/mol. The Bertz CT molecular complexity index is 205. The lowest BCUT2D eigenvalue weighted by molar-refractivity contribution is -0.115. The molecule has 1 amide bonds. The van der Waals surface area contributed by atoms with Gasteiger partial charge in [0.05, 0.1) is 0 Å². The standard InChI is InChI=1S/C9H18N2O/c1-5(2)8(9(11)12)6(3)7(4)10/h5,7H,10H2,1-4H3,(H2,11,12)/b8-6+. The van der Waals surface area contributed by atoms with Gasteiger partial charge in [-0.1, -0.05) is 13.8 Å². The van der Waals surface area contributed by atoms with Crippen LogP contribution in [0.25, 0.3) is 0 Å². The molecule has 0 heterocycles. The third kappa shape index (κ3) is 2.66. The molecular formula is C9H18N2O. The summed E-state index contributed by atoms with van der Waals surface area (Å²) < 4.78 is 0. The third-order valence-electron chi connectivity index (χ3n) is 1.95. The van der Waals surface area contributed by atoms with E-state index in [1.807, 2.05) is 27.7 Å². The van der Waals surface area contributed by atoms with E-state index in [9.17, 15) is 4.79 Å². The topological polar surface area (TPSA) is 69.1 Å². The van der Waals surface area contributed by atoms with E-state index in [-0.39, 0.29) is 17.9 Å².